The van der Waals surface area contributed by atoms with Gasteiger partial charge < -0.3 is 10.2 Å². The average Bonchev–Trinajstić information content (AvgIpc) is 3.24. The number of fused-ring (bicyclic) bond motifs is 4. The maximum atomic E-state index is 14.1. The largest absolute Gasteiger partial charge is 0.508 e. The van der Waals surface area contributed by atoms with Crippen LogP contribution < -0.4 is 4.90 Å². The molecule has 0 radical (unpaired) electrons. The molecule has 1 saturated heterocycles. The first-order chi connectivity index (χ1) is 20.2. The molecule has 0 unspecified atom stereocenters. The number of aromatic hydroxyl groups is 1. The molecule has 0 aromatic heterocycles. The van der Waals surface area contributed by atoms with Gasteiger partial charge in [-0.3, -0.25) is 24.1 Å². The van der Waals surface area contributed by atoms with Gasteiger partial charge in [0.2, 0.25) is 11.8 Å². The molecule has 2 amide bonds. The number of carboxylic acids is 1. The first-order valence-corrected chi connectivity index (χ1v) is 13.8. The topological polar surface area (TPSA) is 129 Å². The van der Waals surface area contributed by atoms with Crippen LogP contribution in [0.5, 0.6) is 5.75 Å². The van der Waals surface area contributed by atoms with E-state index in [0.717, 1.165) is 21.2 Å². The number of carbonyl (C=O) groups is 5. The van der Waals surface area contributed by atoms with Crippen molar-refractivity contribution in [1.29, 1.82) is 0 Å². The second-order valence-electron chi connectivity index (χ2n) is 11.3. The number of aromatic carboxylic acids is 1. The zero-order chi connectivity index (χ0) is 29.4. The highest BCUT2D eigenvalue weighted by Crippen LogP contribution is 2.57. The molecule has 4 atom stereocenters. The molecule has 3 aromatic carbocycles. The smallest absolute Gasteiger partial charge is 0.335 e. The Balaban J connectivity index is 1.41. The Morgan fingerprint density at radius 3 is 2.50 bits per heavy atom. The van der Waals surface area contributed by atoms with Gasteiger partial charge in [-0.1, -0.05) is 48.0 Å². The van der Waals surface area contributed by atoms with Crippen molar-refractivity contribution in [1.82, 2.24) is 0 Å². The van der Waals surface area contributed by atoms with Crippen LogP contribution in [0.3, 0.4) is 0 Å². The fraction of sp³-hybridized carbons (Fsp3) is 0.206. The van der Waals surface area contributed by atoms with Crippen molar-refractivity contribution >= 4 is 45.8 Å². The van der Waals surface area contributed by atoms with Crippen LogP contribution in [-0.2, 0) is 19.2 Å². The fourth-order valence-corrected chi connectivity index (χ4v) is 7.33. The van der Waals surface area contributed by atoms with Crippen molar-refractivity contribution in [3.05, 3.63) is 106 Å². The standard InChI is InChI=1S/C34H25NO7/c1-16-13-26(37)29-24(31(16)38)15-23-21(30(29)28-20-8-3-2-5-17(20)9-12-25(28)36)10-11-22-27(23)33(40)35(32(22)39)19-7-4-6-18(14-19)34(41)42/h2-10,12-14,22-23,27,30,36H,11,15H2,1H3,(H,41,42)/t22-,23+,27-,30+/m0/s1. The molecule has 0 bridgehead atoms. The van der Waals surface area contributed by atoms with Crippen molar-refractivity contribution in [2.45, 2.75) is 25.7 Å². The van der Waals surface area contributed by atoms with Crippen LogP contribution in [0.15, 0.2) is 95.1 Å². The van der Waals surface area contributed by atoms with Crippen LogP contribution in [-0.4, -0.2) is 39.6 Å². The van der Waals surface area contributed by atoms with E-state index in [4.69, 9.17) is 0 Å². The number of rotatable bonds is 3. The number of hydrogen-bond acceptors (Lipinski definition) is 6. The van der Waals surface area contributed by atoms with Gasteiger partial charge in [0, 0.05) is 28.2 Å². The van der Waals surface area contributed by atoms with Gasteiger partial charge in [0.15, 0.2) is 11.6 Å². The zero-order valence-corrected chi connectivity index (χ0v) is 22.5. The van der Waals surface area contributed by atoms with Gasteiger partial charge in [-0.25, -0.2) is 4.79 Å². The molecule has 1 fully saturated rings. The van der Waals surface area contributed by atoms with Crippen molar-refractivity contribution in [3.8, 4) is 5.75 Å². The van der Waals surface area contributed by atoms with Crippen LogP contribution in [0.1, 0.15) is 41.6 Å². The van der Waals surface area contributed by atoms with Crippen LogP contribution >= 0.6 is 0 Å². The highest BCUT2D eigenvalue weighted by molar-refractivity contribution is 6.25. The number of phenolic OH excluding ortho intramolecular Hbond substituents is 1. The summed E-state index contributed by atoms with van der Waals surface area (Å²) in [6.45, 7) is 1.59. The summed E-state index contributed by atoms with van der Waals surface area (Å²) in [6, 6.07) is 16.6. The minimum Gasteiger partial charge on any atom is -0.508 e. The second kappa shape index (κ2) is 9.21. The second-order valence-corrected chi connectivity index (χ2v) is 11.3. The van der Waals surface area contributed by atoms with E-state index >= 15 is 0 Å². The quantitative estimate of drug-likeness (QED) is 0.266. The summed E-state index contributed by atoms with van der Waals surface area (Å²) in [6.07, 6.45) is 3.58. The van der Waals surface area contributed by atoms with E-state index in [0.29, 0.717) is 22.3 Å². The van der Waals surface area contributed by atoms with Gasteiger partial charge in [0.1, 0.15) is 5.75 Å². The van der Waals surface area contributed by atoms with E-state index in [1.165, 1.54) is 30.3 Å². The number of nitrogens with zero attached hydrogens (tertiary/aromatic N) is 1. The molecule has 7 rings (SSSR count). The molecule has 8 heteroatoms. The third-order valence-corrected chi connectivity index (χ3v) is 9.15. The lowest BCUT2D eigenvalue weighted by Gasteiger charge is -2.42. The summed E-state index contributed by atoms with van der Waals surface area (Å²) < 4.78 is 0. The molecular weight excluding hydrogens is 534 g/mol. The fourth-order valence-electron chi connectivity index (χ4n) is 7.33. The molecular formula is C34H25NO7. The average molecular weight is 560 g/mol. The number of amides is 2. The predicted octanol–water partition coefficient (Wildman–Crippen LogP) is 4.88. The molecule has 0 spiro atoms. The summed E-state index contributed by atoms with van der Waals surface area (Å²) in [5.74, 6) is -5.53. The molecule has 2 N–H and O–H groups in total. The third-order valence-electron chi connectivity index (χ3n) is 9.15. The number of benzene rings is 3. The lowest BCUT2D eigenvalue weighted by atomic mass is 9.59. The van der Waals surface area contributed by atoms with Crippen LogP contribution in [0, 0.1) is 17.8 Å². The normalized spacial score (nSPS) is 25.2. The van der Waals surface area contributed by atoms with Gasteiger partial charge in [-0.05, 0) is 66.8 Å². The van der Waals surface area contributed by atoms with Gasteiger partial charge in [0.05, 0.1) is 23.1 Å². The Morgan fingerprint density at radius 1 is 0.929 bits per heavy atom. The molecule has 0 saturated carbocycles. The number of allylic oxidation sites excluding steroid dienone is 6. The maximum absolute atomic E-state index is 14.1. The monoisotopic (exact) mass is 559 g/mol. The first-order valence-electron chi connectivity index (χ1n) is 13.8. The van der Waals surface area contributed by atoms with Gasteiger partial charge in [0.25, 0.3) is 0 Å². The number of hydrogen-bond donors (Lipinski definition) is 2. The number of Topliss-reactive ketones (excluding diaryl/α,β-unsaturated/α-hetero) is 1. The maximum Gasteiger partial charge on any atom is 0.335 e. The summed E-state index contributed by atoms with van der Waals surface area (Å²) in [5.41, 5.74) is 2.29. The first kappa shape index (κ1) is 25.8. The molecule has 42 heavy (non-hydrogen) atoms. The molecule has 208 valence electrons. The number of carboxylic acid groups (broad SMARTS) is 1. The summed E-state index contributed by atoms with van der Waals surface area (Å²) >= 11 is 0. The number of phenols is 1. The van der Waals surface area contributed by atoms with E-state index in [9.17, 15) is 34.2 Å². The van der Waals surface area contributed by atoms with Gasteiger partial charge >= 0.3 is 5.97 Å². The van der Waals surface area contributed by atoms with Crippen LogP contribution in [0.25, 0.3) is 10.8 Å². The van der Waals surface area contributed by atoms with E-state index in [1.54, 1.807) is 19.1 Å². The molecule has 4 aliphatic rings. The molecule has 3 aromatic rings. The highest BCUT2D eigenvalue weighted by Gasteiger charge is 2.57. The van der Waals surface area contributed by atoms with E-state index in [-0.39, 0.29) is 41.4 Å². The molecule has 8 nitrogen and oxygen atoms in total. The van der Waals surface area contributed by atoms with Crippen LogP contribution in [0.4, 0.5) is 5.69 Å². The van der Waals surface area contributed by atoms with Crippen molar-refractivity contribution in [2.75, 3.05) is 4.90 Å². The lowest BCUT2D eigenvalue weighted by Crippen LogP contribution is -2.39. The zero-order valence-electron chi connectivity index (χ0n) is 22.5. The summed E-state index contributed by atoms with van der Waals surface area (Å²) in [4.78, 5) is 67.6. The molecule has 1 aliphatic heterocycles. The van der Waals surface area contributed by atoms with Crippen LogP contribution in [0.2, 0.25) is 0 Å². The highest BCUT2D eigenvalue weighted by atomic mass is 16.4. The van der Waals surface area contributed by atoms with E-state index in [1.807, 2.05) is 30.3 Å². The number of ketones is 2. The lowest BCUT2D eigenvalue weighted by molar-refractivity contribution is -0.123. The number of imide groups is 1. The Bertz CT molecular complexity index is 1890. The van der Waals surface area contributed by atoms with Gasteiger partial charge in [-0.15, -0.1) is 0 Å². The Labute approximate surface area is 240 Å². The number of carbonyl (C=O) groups excluding carboxylic acids is 4. The van der Waals surface area contributed by atoms with Gasteiger partial charge in [-0.2, -0.15) is 0 Å². The SMILES string of the molecule is CC1=CC(=O)C2=C(C[C@@H]3C(=CC[C@@H]4C(=O)N(c5cccc(C(=O)O)c5)C(=O)[C@@H]43)[C@@H]2c2c(O)ccc3ccccc23)C1=O. The Hall–Kier alpha value is -5.11. The van der Waals surface area contributed by atoms with Crippen molar-refractivity contribution < 1.29 is 34.2 Å². The molecule has 3 aliphatic carbocycles. The minimum atomic E-state index is -1.18. The van der Waals surface area contributed by atoms with Crippen molar-refractivity contribution in [2.24, 2.45) is 17.8 Å². The molecule has 1 heterocycles. The van der Waals surface area contributed by atoms with E-state index in [2.05, 4.69) is 0 Å². The predicted molar refractivity (Wildman–Crippen MR) is 153 cm³/mol. The van der Waals surface area contributed by atoms with E-state index < -0.39 is 41.5 Å². The van der Waals surface area contributed by atoms with Crippen molar-refractivity contribution in [3.63, 3.8) is 0 Å². The Kier molecular flexibility index (Phi) is 5.66. The Morgan fingerprint density at radius 2 is 1.71 bits per heavy atom. The summed E-state index contributed by atoms with van der Waals surface area (Å²) in [5, 5.41) is 22.3. The summed E-state index contributed by atoms with van der Waals surface area (Å²) in [7, 11) is 0. The number of anilines is 1. The third kappa shape index (κ3) is 3.57. The minimum absolute atomic E-state index is 0.0262.